The van der Waals surface area contributed by atoms with Crippen LogP contribution in [0, 0.1) is 12.3 Å². The fourth-order valence-corrected chi connectivity index (χ4v) is 0.976. The van der Waals surface area contributed by atoms with Gasteiger partial charge in [-0.3, -0.25) is 0 Å². The molecule has 0 aliphatic carbocycles. The van der Waals surface area contributed by atoms with Crippen molar-refractivity contribution < 1.29 is 13.2 Å². The molecule has 0 saturated heterocycles. The van der Waals surface area contributed by atoms with E-state index in [-0.39, 0.29) is 5.56 Å². The minimum Gasteiger partial charge on any atom is -0.316 e. The molecule has 1 aromatic rings. The molecule has 0 spiro atoms. The van der Waals surface area contributed by atoms with E-state index in [1.807, 2.05) is 0 Å². The molecule has 1 unspecified atom stereocenters. The number of alkyl halides is 3. The Morgan fingerprint density at radius 3 is 2.07 bits per heavy atom. The number of hydrogen-bond acceptors (Lipinski definition) is 1. The molecule has 1 atom stereocenters. The first-order valence-corrected chi connectivity index (χ1v) is 3.84. The lowest BCUT2D eigenvalue weighted by molar-refractivity contribution is -0.149. The highest BCUT2D eigenvalue weighted by atomic mass is 19.4. The Morgan fingerprint density at radius 2 is 1.71 bits per heavy atom. The Bertz CT molecular complexity index is 345. The lowest BCUT2D eigenvalue weighted by atomic mass is 10.1. The van der Waals surface area contributed by atoms with Crippen LogP contribution in [0.4, 0.5) is 13.2 Å². The third-order valence-corrected chi connectivity index (χ3v) is 1.79. The number of halogens is 3. The molecule has 2 N–H and O–H groups in total. The van der Waals surface area contributed by atoms with E-state index in [4.69, 9.17) is 12.2 Å². The van der Waals surface area contributed by atoms with E-state index in [1.165, 1.54) is 24.3 Å². The van der Waals surface area contributed by atoms with E-state index in [0.717, 1.165) is 0 Å². The van der Waals surface area contributed by atoms with Crippen LogP contribution in [0.1, 0.15) is 17.2 Å². The largest absolute Gasteiger partial charge is 0.407 e. The van der Waals surface area contributed by atoms with Gasteiger partial charge in [0.1, 0.15) is 6.04 Å². The van der Waals surface area contributed by atoms with Crippen LogP contribution in [-0.4, -0.2) is 6.18 Å². The van der Waals surface area contributed by atoms with Crippen LogP contribution in [0.2, 0.25) is 0 Å². The standard InChI is InChI=1S/C10H8F3N/c1-2-7-3-5-8(6-4-7)9(14)10(11,12)13/h1,3-6,9H,14H2. The maximum atomic E-state index is 12.2. The van der Waals surface area contributed by atoms with Crippen LogP contribution in [0.3, 0.4) is 0 Å². The average Bonchev–Trinajstić information content (AvgIpc) is 2.15. The minimum absolute atomic E-state index is 0.0106. The van der Waals surface area contributed by atoms with E-state index < -0.39 is 12.2 Å². The van der Waals surface area contributed by atoms with E-state index in [0.29, 0.717) is 5.56 Å². The monoisotopic (exact) mass is 199 g/mol. The zero-order chi connectivity index (χ0) is 10.8. The number of nitrogens with two attached hydrogens (primary N) is 1. The van der Waals surface area contributed by atoms with Crippen LogP contribution in [0.5, 0.6) is 0 Å². The third kappa shape index (κ3) is 2.27. The summed E-state index contributed by atoms with van der Waals surface area (Å²) in [4.78, 5) is 0. The summed E-state index contributed by atoms with van der Waals surface area (Å²) in [7, 11) is 0. The zero-order valence-electron chi connectivity index (χ0n) is 7.18. The highest BCUT2D eigenvalue weighted by molar-refractivity contribution is 5.35. The number of terminal acetylenes is 1. The lowest BCUT2D eigenvalue weighted by Gasteiger charge is -2.15. The van der Waals surface area contributed by atoms with Crippen molar-refractivity contribution in [2.75, 3.05) is 0 Å². The molecule has 0 amide bonds. The SMILES string of the molecule is C#Cc1ccc(C(N)C(F)(F)F)cc1. The Morgan fingerprint density at radius 1 is 1.21 bits per heavy atom. The van der Waals surface area contributed by atoms with Gasteiger partial charge in [0, 0.05) is 5.56 Å². The molecular weight excluding hydrogens is 191 g/mol. The molecule has 1 nitrogen and oxygen atoms in total. The first kappa shape index (κ1) is 10.6. The molecule has 4 heteroatoms. The normalized spacial score (nSPS) is 13.4. The van der Waals surface area contributed by atoms with Crippen LogP contribution in [-0.2, 0) is 0 Å². The van der Waals surface area contributed by atoms with Gasteiger partial charge in [-0.05, 0) is 17.7 Å². The quantitative estimate of drug-likeness (QED) is 0.689. The van der Waals surface area contributed by atoms with Crippen LogP contribution in [0.25, 0.3) is 0 Å². The second kappa shape index (κ2) is 3.72. The van der Waals surface area contributed by atoms with Gasteiger partial charge in [-0.1, -0.05) is 18.1 Å². The van der Waals surface area contributed by atoms with Gasteiger partial charge in [-0.15, -0.1) is 6.42 Å². The molecule has 0 bridgehead atoms. The van der Waals surface area contributed by atoms with E-state index in [2.05, 4.69) is 5.92 Å². The molecule has 0 saturated carbocycles. The number of hydrogen-bond donors (Lipinski definition) is 1. The van der Waals surface area contributed by atoms with Crippen molar-refractivity contribution in [3.8, 4) is 12.3 Å². The van der Waals surface area contributed by atoms with Gasteiger partial charge in [0.05, 0.1) is 0 Å². The van der Waals surface area contributed by atoms with Gasteiger partial charge in [-0.2, -0.15) is 13.2 Å². The Labute approximate surface area is 79.7 Å². The molecular formula is C10H8F3N. The van der Waals surface area contributed by atoms with Crippen molar-refractivity contribution in [1.82, 2.24) is 0 Å². The summed E-state index contributed by atoms with van der Waals surface area (Å²) in [5, 5.41) is 0. The van der Waals surface area contributed by atoms with Crippen molar-refractivity contribution in [3.05, 3.63) is 35.4 Å². The highest BCUT2D eigenvalue weighted by Gasteiger charge is 2.37. The molecule has 0 fully saturated rings. The fourth-order valence-electron chi connectivity index (χ4n) is 0.976. The second-order valence-electron chi connectivity index (χ2n) is 2.79. The van der Waals surface area contributed by atoms with Crippen molar-refractivity contribution in [2.45, 2.75) is 12.2 Å². The van der Waals surface area contributed by atoms with Crippen molar-refractivity contribution in [2.24, 2.45) is 5.73 Å². The van der Waals surface area contributed by atoms with Crippen molar-refractivity contribution in [1.29, 1.82) is 0 Å². The number of benzene rings is 1. The Kier molecular flexibility index (Phi) is 2.82. The summed E-state index contributed by atoms with van der Waals surface area (Å²) < 4.78 is 36.5. The molecule has 0 aliphatic heterocycles. The predicted octanol–water partition coefficient (Wildman–Crippen LogP) is 2.23. The van der Waals surface area contributed by atoms with E-state index in [9.17, 15) is 13.2 Å². The molecule has 14 heavy (non-hydrogen) atoms. The Balaban J connectivity index is 2.94. The molecule has 74 valence electrons. The van der Waals surface area contributed by atoms with Gasteiger partial charge in [0.15, 0.2) is 0 Å². The van der Waals surface area contributed by atoms with Crippen LogP contribution < -0.4 is 5.73 Å². The van der Waals surface area contributed by atoms with Crippen molar-refractivity contribution in [3.63, 3.8) is 0 Å². The second-order valence-corrected chi connectivity index (χ2v) is 2.79. The molecule has 1 aromatic carbocycles. The third-order valence-electron chi connectivity index (χ3n) is 1.79. The first-order chi connectivity index (χ1) is 6.45. The number of rotatable bonds is 1. The summed E-state index contributed by atoms with van der Waals surface area (Å²) in [6, 6.07) is 3.48. The summed E-state index contributed by atoms with van der Waals surface area (Å²) in [5.74, 6) is 2.31. The predicted molar refractivity (Wildman–Crippen MR) is 47.4 cm³/mol. The highest BCUT2D eigenvalue weighted by Crippen LogP contribution is 2.30. The first-order valence-electron chi connectivity index (χ1n) is 3.84. The molecule has 0 aliphatic rings. The molecule has 1 rings (SSSR count). The van der Waals surface area contributed by atoms with Gasteiger partial charge >= 0.3 is 6.18 Å². The minimum atomic E-state index is -4.42. The molecule has 0 heterocycles. The smallest absolute Gasteiger partial charge is 0.316 e. The lowest BCUT2D eigenvalue weighted by Crippen LogP contribution is -2.28. The van der Waals surface area contributed by atoms with E-state index in [1.54, 1.807) is 0 Å². The van der Waals surface area contributed by atoms with E-state index >= 15 is 0 Å². The Hall–Kier alpha value is -1.47. The maximum absolute atomic E-state index is 12.2. The molecule has 0 radical (unpaired) electrons. The van der Waals surface area contributed by atoms with Gasteiger partial charge < -0.3 is 5.73 Å². The van der Waals surface area contributed by atoms with Gasteiger partial charge in [0.2, 0.25) is 0 Å². The summed E-state index contributed by atoms with van der Waals surface area (Å²) >= 11 is 0. The molecule has 0 aromatic heterocycles. The van der Waals surface area contributed by atoms with Crippen LogP contribution in [0.15, 0.2) is 24.3 Å². The summed E-state index contributed by atoms with van der Waals surface area (Å²) in [5.41, 5.74) is 5.53. The fraction of sp³-hybridized carbons (Fsp3) is 0.200. The maximum Gasteiger partial charge on any atom is 0.407 e. The summed E-state index contributed by atoms with van der Waals surface area (Å²) in [6.07, 6.45) is 0.639. The zero-order valence-corrected chi connectivity index (χ0v) is 7.18. The van der Waals surface area contributed by atoms with Gasteiger partial charge in [-0.25, -0.2) is 0 Å². The average molecular weight is 199 g/mol. The van der Waals surface area contributed by atoms with Crippen molar-refractivity contribution >= 4 is 0 Å². The van der Waals surface area contributed by atoms with Crippen LogP contribution >= 0.6 is 0 Å². The summed E-state index contributed by atoms with van der Waals surface area (Å²) in [6.45, 7) is 0. The van der Waals surface area contributed by atoms with Gasteiger partial charge in [0.25, 0.3) is 0 Å². The topological polar surface area (TPSA) is 26.0 Å².